The Morgan fingerprint density at radius 2 is 2.04 bits per heavy atom. The van der Waals surface area contributed by atoms with E-state index in [0.717, 1.165) is 23.1 Å². The number of halogens is 1. The van der Waals surface area contributed by atoms with Crippen LogP contribution in [0.4, 0.5) is 9.52 Å². The summed E-state index contributed by atoms with van der Waals surface area (Å²) in [6, 6.07) is 5.17. The third-order valence-electron chi connectivity index (χ3n) is 2.46. The van der Waals surface area contributed by atoms with E-state index < -0.39 is 21.8 Å². The largest absolute Gasteiger partial charge is 0.468 e. The summed E-state index contributed by atoms with van der Waals surface area (Å²) in [5.74, 6) is -1.09. The van der Waals surface area contributed by atoms with Gasteiger partial charge in [-0.1, -0.05) is 35.2 Å². The second-order valence-electron chi connectivity index (χ2n) is 4.23. The van der Waals surface area contributed by atoms with Gasteiger partial charge < -0.3 is 4.74 Å². The van der Waals surface area contributed by atoms with Gasteiger partial charge >= 0.3 is 5.97 Å². The van der Waals surface area contributed by atoms with Gasteiger partial charge in [0.15, 0.2) is 4.34 Å². The molecular formula is C12H12FN3O4S3. The summed E-state index contributed by atoms with van der Waals surface area (Å²) >= 11 is 2.11. The predicted molar refractivity (Wildman–Crippen MR) is 85.3 cm³/mol. The molecule has 2 aromatic rings. The third-order valence-corrected chi connectivity index (χ3v) is 5.75. The quantitative estimate of drug-likeness (QED) is 0.581. The number of benzene rings is 1. The van der Waals surface area contributed by atoms with Crippen LogP contribution in [0.5, 0.6) is 0 Å². The van der Waals surface area contributed by atoms with Gasteiger partial charge in [-0.15, -0.1) is 10.2 Å². The highest BCUT2D eigenvalue weighted by Gasteiger charge is 2.16. The summed E-state index contributed by atoms with van der Waals surface area (Å²) < 4.78 is 44.1. The van der Waals surface area contributed by atoms with E-state index in [1.165, 1.54) is 31.4 Å². The molecule has 1 aromatic carbocycles. The van der Waals surface area contributed by atoms with Crippen LogP contribution >= 0.6 is 23.1 Å². The van der Waals surface area contributed by atoms with Gasteiger partial charge in [0.1, 0.15) is 5.82 Å². The summed E-state index contributed by atoms with van der Waals surface area (Å²) in [6.07, 6.45) is 0. The average Bonchev–Trinajstić information content (AvgIpc) is 2.93. The number of carbonyl (C=O) groups is 1. The monoisotopic (exact) mass is 377 g/mol. The fourth-order valence-electron chi connectivity index (χ4n) is 1.46. The van der Waals surface area contributed by atoms with E-state index in [2.05, 4.69) is 19.7 Å². The highest BCUT2D eigenvalue weighted by Crippen LogP contribution is 2.26. The number of sulfonamides is 1. The topological polar surface area (TPSA) is 98.2 Å². The molecule has 0 bridgehead atoms. The van der Waals surface area contributed by atoms with E-state index in [1.54, 1.807) is 0 Å². The molecule has 23 heavy (non-hydrogen) atoms. The fraction of sp³-hybridized carbons (Fsp3) is 0.250. The second-order valence-corrected chi connectivity index (χ2v) is 8.15. The molecule has 0 saturated carbocycles. The molecule has 0 aliphatic rings. The summed E-state index contributed by atoms with van der Waals surface area (Å²) in [5, 5.41) is 7.58. The first-order chi connectivity index (χ1) is 10.9. The maximum atomic E-state index is 12.8. The highest BCUT2D eigenvalue weighted by molar-refractivity contribution is 8.01. The molecule has 0 amide bonds. The number of carbonyl (C=O) groups excluding carboxylic acids is 1. The molecule has 11 heteroatoms. The Balaban J connectivity index is 1.96. The fourth-order valence-corrected chi connectivity index (χ4v) is 4.45. The first-order valence-corrected chi connectivity index (χ1v) is 9.61. The Morgan fingerprint density at radius 3 is 2.70 bits per heavy atom. The number of aromatic nitrogens is 2. The zero-order valence-corrected chi connectivity index (χ0v) is 14.3. The normalized spacial score (nSPS) is 11.2. The minimum absolute atomic E-state index is 0.0630. The van der Waals surface area contributed by atoms with Crippen molar-refractivity contribution in [1.82, 2.24) is 10.2 Å². The number of hydrogen-bond donors (Lipinski definition) is 1. The van der Waals surface area contributed by atoms with Crippen LogP contribution in [0.25, 0.3) is 0 Å². The Morgan fingerprint density at radius 1 is 1.35 bits per heavy atom. The molecule has 7 nitrogen and oxygen atoms in total. The van der Waals surface area contributed by atoms with Crippen LogP contribution in [0.2, 0.25) is 0 Å². The van der Waals surface area contributed by atoms with Gasteiger partial charge in [-0.05, 0) is 17.7 Å². The smallest absolute Gasteiger partial charge is 0.316 e. The maximum Gasteiger partial charge on any atom is 0.316 e. The number of rotatable bonds is 7. The molecule has 0 radical (unpaired) electrons. The van der Waals surface area contributed by atoms with Gasteiger partial charge in [0.25, 0.3) is 0 Å². The summed E-state index contributed by atoms with van der Waals surface area (Å²) in [6.45, 7) is 0. The molecule has 1 aromatic heterocycles. The van der Waals surface area contributed by atoms with Crippen LogP contribution in [-0.4, -0.2) is 37.4 Å². The van der Waals surface area contributed by atoms with E-state index >= 15 is 0 Å². The number of thioether (sulfide) groups is 1. The van der Waals surface area contributed by atoms with Crippen molar-refractivity contribution in [3.63, 3.8) is 0 Å². The highest BCUT2D eigenvalue weighted by atomic mass is 32.2. The van der Waals surface area contributed by atoms with Gasteiger partial charge in [0.2, 0.25) is 15.2 Å². The SMILES string of the molecule is COC(=O)CSc1nnc(NS(=O)(=O)Cc2ccc(F)cc2)s1. The lowest BCUT2D eigenvalue weighted by atomic mass is 10.2. The average molecular weight is 377 g/mol. The Bertz CT molecular complexity index is 777. The summed E-state index contributed by atoms with van der Waals surface area (Å²) in [4.78, 5) is 11.0. The van der Waals surface area contributed by atoms with E-state index in [1.807, 2.05) is 0 Å². The van der Waals surface area contributed by atoms with E-state index in [-0.39, 0.29) is 16.6 Å². The lowest BCUT2D eigenvalue weighted by molar-refractivity contribution is -0.137. The van der Waals surface area contributed by atoms with Crippen LogP contribution in [0.3, 0.4) is 0 Å². The number of esters is 1. The van der Waals surface area contributed by atoms with Gasteiger partial charge in [0, 0.05) is 0 Å². The van der Waals surface area contributed by atoms with E-state index in [9.17, 15) is 17.6 Å². The first kappa shape index (κ1) is 17.6. The van der Waals surface area contributed by atoms with Crippen molar-refractivity contribution in [2.45, 2.75) is 10.1 Å². The molecule has 0 saturated heterocycles. The maximum absolute atomic E-state index is 12.8. The summed E-state index contributed by atoms with van der Waals surface area (Å²) in [5.41, 5.74) is 0.448. The standard InChI is InChI=1S/C12H12FN3O4S3/c1-20-10(17)6-21-12-15-14-11(22-12)16-23(18,19)7-8-2-4-9(13)5-3-8/h2-5H,6-7H2,1H3,(H,14,16). The molecule has 0 aliphatic heterocycles. The molecule has 1 heterocycles. The number of ether oxygens (including phenoxy) is 1. The van der Waals surface area contributed by atoms with E-state index in [4.69, 9.17) is 0 Å². The Hall–Kier alpha value is -1.72. The molecular weight excluding hydrogens is 365 g/mol. The van der Waals surface area contributed by atoms with Crippen LogP contribution in [0.1, 0.15) is 5.56 Å². The first-order valence-electron chi connectivity index (χ1n) is 6.16. The predicted octanol–water partition coefficient (Wildman–Crippen LogP) is 1.88. The zero-order valence-electron chi connectivity index (χ0n) is 11.9. The minimum atomic E-state index is -3.69. The van der Waals surface area contributed by atoms with Crippen LogP contribution in [0.15, 0.2) is 28.6 Å². The van der Waals surface area contributed by atoms with Gasteiger partial charge in [0.05, 0.1) is 18.6 Å². The summed E-state index contributed by atoms with van der Waals surface area (Å²) in [7, 11) is -2.41. The lowest BCUT2D eigenvalue weighted by Gasteiger charge is -2.04. The van der Waals surface area contributed by atoms with Crippen molar-refractivity contribution in [3.05, 3.63) is 35.6 Å². The van der Waals surface area contributed by atoms with Crippen molar-refractivity contribution >= 4 is 44.2 Å². The van der Waals surface area contributed by atoms with Crippen LogP contribution in [-0.2, 0) is 25.3 Å². The van der Waals surface area contributed by atoms with Crippen LogP contribution in [0, 0.1) is 5.82 Å². The van der Waals surface area contributed by atoms with Crippen molar-refractivity contribution in [3.8, 4) is 0 Å². The van der Waals surface area contributed by atoms with Crippen LogP contribution < -0.4 is 4.72 Å². The van der Waals surface area contributed by atoms with Crippen molar-refractivity contribution < 1.29 is 22.3 Å². The number of nitrogens with one attached hydrogen (secondary N) is 1. The third kappa shape index (κ3) is 5.77. The molecule has 0 aliphatic carbocycles. The van der Waals surface area contributed by atoms with Crippen molar-refractivity contribution in [2.24, 2.45) is 0 Å². The molecule has 124 valence electrons. The Kier molecular flexibility index (Phi) is 5.91. The van der Waals surface area contributed by atoms with E-state index in [0.29, 0.717) is 9.90 Å². The van der Waals surface area contributed by atoms with Crippen molar-refractivity contribution in [1.29, 1.82) is 0 Å². The number of anilines is 1. The molecule has 0 spiro atoms. The molecule has 2 rings (SSSR count). The zero-order chi connectivity index (χ0) is 16.9. The minimum Gasteiger partial charge on any atom is -0.468 e. The number of methoxy groups -OCH3 is 1. The lowest BCUT2D eigenvalue weighted by Crippen LogP contribution is -2.14. The van der Waals surface area contributed by atoms with Gasteiger partial charge in [-0.25, -0.2) is 12.8 Å². The second kappa shape index (κ2) is 7.70. The number of hydrogen-bond acceptors (Lipinski definition) is 8. The molecule has 0 atom stereocenters. The molecule has 0 unspecified atom stereocenters. The molecule has 0 fully saturated rings. The van der Waals surface area contributed by atoms with Crippen molar-refractivity contribution in [2.75, 3.05) is 17.6 Å². The molecule has 1 N–H and O–H groups in total. The number of nitrogens with zero attached hydrogens (tertiary/aromatic N) is 2. The van der Waals surface area contributed by atoms with Gasteiger partial charge in [-0.3, -0.25) is 9.52 Å². The van der Waals surface area contributed by atoms with Gasteiger partial charge in [-0.2, -0.15) is 0 Å². The Labute approximate surface area is 140 Å².